The van der Waals surface area contributed by atoms with Crippen molar-refractivity contribution in [2.45, 2.75) is 13.8 Å². The highest BCUT2D eigenvalue weighted by Gasteiger charge is 2.27. The fraction of sp³-hybridized carbons (Fsp3) is 0.250. The second-order valence-electron chi connectivity index (χ2n) is 4.49. The first kappa shape index (κ1) is 17.4. The Morgan fingerprint density at radius 1 is 1.00 bits per heavy atom. The number of ether oxygens (including phenoxy) is 2. The van der Waals surface area contributed by atoms with Gasteiger partial charge in [0.1, 0.15) is 5.69 Å². The summed E-state index contributed by atoms with van der Waals surface area (Å²) in [5.41, 5.74) is 0.926. The molecule has 0 saturated heterocycles. The topological polar surface area (TPSA) is 68.4 Å². The lowest BCUT2D eigenvalue weighted by Crippen LogP contribution is -2.09. The Hall–Kier alpha value is -1.98. The predicted octanol–water partition coefficient (Wildman–Crippen LogP) is 4.34. The first-order chi connectivity index (χ1) is 11.0. The van der Waals surface area contributed by atoms with Crippen molar-refractivity contribution in [2.75, 3.05) is 13.2 Å². The van der Waals surface area contributed by atoms with Gasteiger partial charge in [-0.15, -0.1) is 0 Å². The Balaban J connectivity index is 2.69. The molecule has 1 N–H and O–H groups in total. The molecule has 0 aliphatic heterocycles. The lowest BCUT2D eigenvalue weighted by molar-refractivity contribution is 0.0519. The van der Waals surface area contributed by atoms with E-state index in [9.17, 15) is 9.59 Å². The Bertz CT molecular complexity index is 684. The zero-order valence-corrected chi connectivity index (χ0v) is 14.1. The number of halogens is 2. The van der Waals surface area contributed by atoms with Crippen molar-refractivity contribution in [3.05, 3.63) is 45.7 Å². The van der Waals surface area contributed by atoms with Crippen molar-refractivity contribution in [3.8, 4) is 11.1 Å². The third-order valence-electron chi connectivity index (χ3n) is 3.07. The number of carbonyl (C=O) groups excluding carboxylic acids is 2. The van der Waals surface area contributed by atoms with Gasteiger partial charge in [0, 0.05) is 27.4 Å². The van der Waals surface area contributed by atoms with E-state index in [1.807, 2.05) is 0 Å². The molecule has 5 nitrogen and oxygen atoms in total. The number of benzene rings is 1. The second kappa shape index (κ2) is 7.53. The third kappa shape index (κ3) is 3.51. The average Bonchev–Trinajstić information content (AvgIpc) is 2.92. The maximum absolute atomic E-state index is 12.2. The molecule has 0 amide bonds. The fourth-order valence-corrected chi connectivity index (χ4v) is 2.74. The van der Waals surface area contributed by atoms with E-state index in [2.05, 4.69) is 4.98 Å². The third-order valence-corrected chi connectivity index (χ3v) is 3.70. The summed E-state index contributed by atoms with van der Waals surface area (Å²) in [6.45, 7) is 3.78. The molecule has 1 aromatic carbocycles. The van der Waals surface area contributed by atoms with E-state index in [0.717, 1.165) is 0 Å². The molecule has 1 aromatic heterocycles. The first-order valence-electron chi connectivity index (χ1n) is 7.01. The van der Waals surface area contributed by atoms with Gasteiger partial charge in [-0.2, -0.15) is 0 Å². The SMILES string of the molecule is CCOC(=O)c1c[nH]c(C(=O)OCC)c1-c1c(Cl)cccc1Cl. The van der Waals surface area contributed by atoms with Crippen LogP contribution in [0.1, 0.15) is 34.7 Å². The van der Waals surface area contributed by atoms with Crippen LogP contribution in [0.25, 0.3) is 11.1 Å². The molecule has 2 rings (SSSR count). The highest BCUT2D eigenvalue weighted by molar-refractivity contribution is 6.39. The van der Waals surface area contributed by atoms with E-state index in [1.54, 1.807) is 32.0 Å². The van der Waals surface area contributed by atoms with Crippen molar-refractivity contribution >= 4 is 35.1 Å². The number of aromatic nitrogens is 1. The van der Waals surface area contributed by atoms with E-state index in [4.69, 9.17) is 32.7 Å². The number of aromatic amines is 1. The van der Waals surface area contributed by atoms with Crippen molar-refractivity contribution in [1.29, 1.82) is 0 Å². The molecule has 0 bridgehead atoms. The van der Waals surface area contributed by atoms with Crippen LogP contribution in [0.15, 0.2) is 24.4 Å². The van der Waals surface area contributed by atoms with Crippen LogP contribution in [0.5, 0.6) is 0 Å². The highest BCUT2D eigenvalue weighted by atomic mass is 35.5. The van der Waals surface area contributed by atoms with E-state index in [-0.39, 0.29) is 30.0 Å². The molecule has 2 aromatic rings. The van der Waals surface area contributed by atoms with E-state index < -0.39 is 11.9 Å². The van der Waals surface area contributed by atoms with Gasteiger partial charge < -0.3 is 14.5 Å². The number of esters is 2. The van der Waals surface area contributed by atoms with Gasteiger partial charge in [-0.25, -0.2) is 9.59 Å². The molecule has 0 radical (unpaired) electrons. The zero-order chi connectivity index (χ0) is 17.0. The summed E-state index contributed by atoms with van der Waals surface area (Å²) in [5, 5.41) is 0.626. The van der Waals surface area contributed by atoms with Gasteiger partial charge in [-0.05, 0) is 26.0 Å². The molecule has 23 heavy (non-hydrogen) atoms. The number of H-pyrrole nitrogens is 1. The number of carbonyl (C=O) groups is 2. The van der Waals surface area contributed by atoms with Crippen LogP contribution < -0.4 is 0 Å². The van der Waals surface area contributed by atoms with Crippen molar-refractivity contribution < 1.29 is 19.1 Å². The molecule has 0 fully saturated rings. The van der Waals surface area contributed by atoms with E-state index in [1.165, 1.54) is 6.20 Å². The van der Waals surface area contributed by atoms with Crippen LogP contribution in [0, 0.1) is 0 Å². The molecular weight excluding hydrogens is 341 g/mol. The summed E-state index contributed by atoms with van der Waals surface area (Å²) >= 11 is 12.5. The molecule has 0 aliphatic rings. The minimum atomic E-state index is -0.603. The van der Waals surface area contributed by atoms with Gasteiger partial charge in [0.15, 0.2) is 0 Å². The van der Waals surface area contributed by atoms with Gasteiger partial charge in [0.25, 0.3) is 0 Å². The van der Waals surface area contributed by atoms with Gasteiger partial charge in [0.2, 0.25) is 0 Å². The van der Waals surface area contributed by atoms with E-state index >= 15 is 0 Å². The van der Waals surface area contributed by atoms with Gasteiger partial charge in [0.05, 0.1) is 18.8 Å². The molecule has 122 valence electrons. The van der Waals surface area contributed by atoms with Crippen LogP contribution in [0.2, 0.25) is 10.0 Å². The van der Waals surface area contributed by atoms with E-state index in [0.29, 0.717) is 15.6 Å². The molecule has 1 heterocycles. The summed E-state index contributed by atoms with van der Waals surface area (Å²) in [6, 6.07) is 4.92. The average molecular weight is 356 g/mol. The predicted molar refractivity (Wildman–Crippen MR) is 88.2 cm³/mol. The van der Waals surface area contributed by atoms with Crippen LogP contribution in [0.4, 0.5) is 0 Å². The summed E-state index contributed by atoms with van der Waals surface area (Å²) in [7, 11) is 0. The molecule has 0 aliphatic carbocycles. The standard InChI is InChI=1S/C16H15Cl2NO4/c1-3-22-15(20)9-8-19-14(16(21)23-4-2)12(9)13-10(17)6-5-7-11(13)18/h5-8,19H,3-4H2,1-2H3. The molecule has 7 heteroatoms. The lowest BCUT2D eigenvalue weighted by Gasteiger charge is -2.10. The largest absolute Gasteiger partial charge is 0.462 e. The number of hydrogen-bond donors (Lipinski definition) is 1. The zero-order valence-electron chi connectivity index (χ0n) is 12.6. The summed E-state index contributed by atoms with van der Waals surface area (Å²) < 4.78 is 10.0. The smallest absolute Gasteiger partial charge is 0.355 e. The molecule has 0 atom stereocenters. The Morgan fingerprint density at radius 3 is 2.13 bits per heavy atom. The molecule has 0 unspecified atom stereocenters. The van der Waals surface area contributed by atoms with Crippen molar-refractivity contribution in [2.24, 2.45) is 0 Å². The van der Waals surface area contributed by atoms with Crippen molar-refractivity contribution in [1.82, 2.24) is 4.98 Å². The second-order valence-corrected chi connectivity index (χ2v) is 5.30. The van der Waals surface area contributed by atoms with Crippen LogP contribution in [-0.2, 0) is 9.47 Å². The Kier molecular flexibility index (Phi) is 5.69. The minimum Gasteiger partial charge on any atom is -0.462 e. The fourth-order valence-electron chi connectivity index (χ4n) is 2.15. The summed E-state index contributed by atoms with van der Waals surface area (Å²) in [6.07, 6.45) is 1.39. The normalized spacial score (nSPS) is 10.4. The Labute approximate surface area is 143 Å². The molecule has 0 spiro atoms. The summed E-state index contributed by atoms with van der Waals surface area (Å²) in [5.74, 6) is -1.18. The Morgan fingerprint density at radius 2 is 1.57 bits per heavy atom. The highest BCUT2D eigenvalue weighted by Crippen LogP contribution is 2.39. The quantitative estimate of drug-likeness (QED) is 0.809. The molecule has 0 saturated carbocycles. The maximum Gasteiger partial charge on any atom is 0.355 e. The van der Waals surface area contributed by atoms with Gasteiger partial charge in [-0.1, -0.05) is 29.3 Å². The molecular formula is C16H15Cl2NO4. The number of rotatable bonds is 5. The number of nitrogens with one attached hydrogen (secondary N) is 1. The minimum absolute atomic E-state index is 0.102. The summed E-state index contributed by atoms with van der Waals surface area (Å²) in [4.78, 5) is 27.1. The van der Waals surface area contributed by atoms with Crippen LogP contribution in [0.3, 0.4) is 0 Å². The van der Waals surface area contributed by atoms with Crippen molar-refractivity contribution in [3.63, 3.8) is 0 Å². The van der Waals surface area contributed by atoms with Crippen LogP contribution >= 0.6 is 23.2 Å². The first-order valence-corrected chi connectivity index (χ1v) is 7.76. The monoisotopic (exact) mass is 355 g/mol. The maximum atomic E-state index is 12.2. The van der Waals surface area contributed by atoms with Gasteiger partial charge in [-0.3, -0.25) is 0 Å². The van der Waals surface area contributed by atoms with Gasteiger partial charge >= 0.3 is 11.9 Å². The van der Waals surface area contributed by atoms with Crippen LogP contribution in [-0.4, -0.2) is 30.1 Å². The number of hydrogen-bond acceptors (Lipinski definition) is 4. The lowest BCUT2D eigenvalue weighted by atomic mass is 10.0.